The van der Waals surface area contributed by atoms with E-state index in [1.54, 1.807) is 6.20 Å². The maximum Gasteiger partial charge on any atom is 0.277 e. The van der Waals surface area contributed by atoms with Gasteiger partial charge in [0.2, 0.25) is 0 Å². The van der Waals surface area contributed by atoms with Crippen molar-refractivity contribution in [1.29, 1.82) is 0 Å². The molecule has 1 amide bonds. The molecule has 150 valence electrons. The van der Waals surface area contributed by atoms with Crippen molar-refractivity contribution in [1.82, 2.24) is 20.3 Å². The molecule has 1 aromatic carbocycles. The first kappa shape index (κ1) is 18.9. The van der Waals surface area contributed by atoms with Crippen LogP contribution in [-0.2, 0) is 0 Å². The van der Waals surface area contributed by atoms with E-state index in [2.05, 4.69) is 20.9 Å². The topological polar surface area (TPSA) is 81.1 Å². The van der Waals surface area contributed by atoms with E-state index in [0.29, 0.717) is 17.7 Å². The van der Waals surface area contributed by atoms with Crippen molar-refractivity contribution in [3.63, 3.8) is 0 Å². The fourth-order valence-corrected chi connectivity index (χ4v) is 4.03. The van der Waals surface area contributed by atoms with E-state index in [-0.39, 0.29) is 5.91 Å². The van der Waals surface area contributed by atoms with Crippen LogP contribution in [0.15, 0.2) is 30.5 Å². The lowest BCUT2D eigenvalue weighted by molar-refractivity contribution is 0.102. The maximum atomic E-state index is 12.5. The number of benzene rings is 1. The number of piperidine rings is 1. The molecule has 1 aliphatic carbocycles. The van der Waals surface area contributed by atoms with Gasteiger partial charge in [0.25, 0.3) is 5.91 Å². The van der Waals surface area contributed by atoms with E-state index < -0.39 is 0 Å². The molecule has 2 aliphatic rings. The van der Waals surface area contributed by atoms with Gasteiger partial charge in [-0.1, -0.05) is 24.5 Å². The molecule has 1 saturated heterocycles. The summed E-state index contributed by atoms with van der Waals surface area (Å²) in [4.78, 5) is 12.5. The second kappa shape index (κ2) is 9.19. The molecule has 0 spiro atoms. The number of nitrogens with zero attached hydrogens (tertiary/aromatic N) is 3. The van der Waals surface area contributed by atoms with Crippen LogP contribution < -0.4 is 15.4 Å². The number of hydrogen-bond acceptors (Lipinski definition) is 5. The molecule has 0 radical (unpaired) electrons. The van der Waals surface area contributed by atoms with Gasteiger partial charge in [0.1, 0.15) is 5.75 Å². The Morgan fingerprint density at radius 1 is 1.11 bits per heavy atom. The first-order chi connectivity index (χ1) is 13.8. The SMILES string of the molecule is O=C(Nc1ccc(OCC2CCCCC2)cc1)c1cn(C2CCNCC2)nn1. The highest BCUT2D eigenvalue weighted by Crippen LogP contribution is 2.25. The van der Waals surface area contributed by atoms with Crippen molar-refractivity contribution in [3.05, 3.63) is 36.2 Å². The summed E-state index contributed by atoms with van der Waals surface area (Å²) in [6.45, 7) is 2.73. The quantitative estimate of drug-likeness (QED) is 0.799. The molecule has 28 heavy (non-hydrogen) atoms. The average Bonchev–Trinajstić information content (AvgIpc) is 3.25. The van der Waals surface area contributed by atoms with Crippen molar-refractivity contribution in [2.24, 2.45) is 5.92 Å². The van der Waals surface area contributed by atoms with Crippen molar-refractivity contribution >= 4 is 11.6 Å². The number of ether oxygens (including phenoxy) is 1. The van der Waals surface area contributed by atoms with E-state index in [9.17, 15) is 4.79 Å². The van der Waals surface area contributed by atoms with Gasteiger partial charge in [-0.2, -0.15) is 0 Å². The molecule has 1 aromatic heterocycles. The molecule has 1 aliphatic heterocycles. The van der Waals surface area contributed by atoms with Gasteiger partial charge >= 0.3 is 0 Å². The number of carbonyl (C=O) groups is 1. The van der Waals surface area contributed by atoms with Gasteiger partial charge in [0.15, 0.2) is 5.69 Å². The first-order valence-electron chi connectivity index (χ1n) is 10.4. The van der Waals surface area contributed by atoms with Crippen LogP contribution in [0.5, 0.6) is 5.75 Å². The summed E-state index contributed by atoms with van der Waals surface area (Å²) >= 11 is 0. The summed E-state index contributed by atoms with van der Waals surface area (Å²) in [6, 6.07) is 7.86. The molecule has 2 fully saturated rings. The van der Waals surface area contributed by atoms with Crippen LogP contribution >= 0.6 is 0 Å². The van der Waals surface area contributed by atoms with E-state index in [4.69, 9.17) is 4.74 Å². The predicted molar refractivity (Wildman–Crippen MR) is 108 cm³/mol. The number of amides is 1. The van der Waals surface area contributed by atoms with Crippen molar-refractivity contribution < 1.29 is 9.53 Å². The lowest BCUT2D eigenvalue weighted by atomic mass is 9.90. The zero-order valence-electron chi connectivity index (χ0n) is 16.3. The van der Waals surface area contributed by atoms with E-state index in [1.807, 2.05) is 28.9 Å². The van der Waals surface area contributed by atoms with Gasteiger partial charge < -0.3 is 15.4 Å². The summed E-state index contributed by atoms with van der Waals surface area (Å²) in [7, 11) is 0. The van der Waals surface area contributed by atoms with Crippen LogP contribution in [0, 0.1) is 5.92 Å². The third-order valence-electron chi connectivity index (χ3n) is 5.75. The summed E-state index contributed by atoms with van der Waals surface area (Å²) in [5.41, 5.74) is 1.07. The van der Waals surface area contributed by atoms with Gasteiger partial charge in [0.05, 0.1) is 18.8 Å². The monoisotopic (exact) mass is 383 g/mol. The van der Waals surface area contributed by atoms with Crippen molar-refractivity contribution in [3.8, 4) is 5.75 Å². The molecule has 2 aromatic rings. The Hall–Kier alpha value is -2.41. The third kappa shape index (κ3) is 4.90. The Morgan fingerprint density at radius 2 is 1.86 bits per heavy atom. The summed E-state index contributed by atoms with van der Waals surface area (Å²) in [5.74, 6) is 1.28. The van der Waals surface area contributed by atoms with Crippen LogP contribution in [0.3, 0.4) is 0 Å². The second-order valence-electron chi connectivity index (χ2n) is 7.86. The van der Waals surface area contributed by atoms with Crippen LogP contribution in [0.25, 0.3) is 0 Å². The molecule has 0 atom stereocenters. The highest BCUT2D eigenvalue weighted by atomic mass is 16.5. The lowest BCUT2D eigenvalue weighted by Crippen LogP contribution is -2.29. The van der Waals surface area contributed by atoms with Gasteiger partial charge in [-0.05, 0) is 69.0 Å². The molecule has 4 rings (SSSR count). The zero-order chi connectivity index (χ0) is 19.2. The van der Waals surface area contributed by atoms with E-state index >= 15 is 0 Å². The number of hydrogen-bond donors (Lipinski definition) is 2. The van der Waals surface area contributed by atoms with Crippen molar-refractivity contribution in [2.75, 3.05) is 25.0 Å². The average molecular weight is 383 g/mol. The molecule has 7 nitrogen and oxygen atoms in total. The Kier molecular flexibility index (Phi) is 6.21. The lowest BCUT2D eigenvalue weighted by Gasteiger charge is -2.22. The maximum absolute atomic E-state index is 12.5. The van der Waals surface area contributed by atoms with Gasteiger partial charge in [0, 0.05) is 5.69 Å². The van der Waals surface area contributed by atoms with Crippen LogP contribution in [0.1, 0.15) is 61.5 Å². The Bertz CT molecular complexity index is 761. The number of aromatic nitrogens is 3. The molecular formula is C21H29N5O2. The standard InChI is InChI=1S/C21H29N5O2/c27-21(20-14-26(25-24-20)18-10-12-22-13-11-18)23-17-6-8-19(9-7-17)28-15-16-4-2-1-3-5-16/h6-9,14,16,18,22H,1-5,10-13,15H2,(H,23,27). The van der Waals surface area contributed by atoms with Crippen molar-refractivity contribution in [2.45, 2.75) is 51.0 Å². The first-order valence-corrected chi connectivity index (χ1v) is 10.4. The highest BCUT2D eigenvalue weighted by Gasteiger charge is 2.19. The number of rotatable bonds is 6. The minimum Gasteiger partial charge on any atom is -0.493 e. The van der Waals surface area contributed by atoms with Gasteiger partial charge in [-0.15, -0.1) is 5.10 Å². The Balaban J connectivity index is 1.28. The molecule has 1 saturated carbocycles. The summed E-state index contributed by atoms with van der Waals surface area (Å²) in [5, 5.41) is 14.4. The number of nitrogens with one attached hydrogen (secondary N) is 2. The van der Waals surface area contributed by atoms with Gasteiger partial charge in [-0.25, -0.2) is 4.68 Å². The normalized spacial score (nSPS) is 18.7. The predicted octanol–water partition coefficient (Wildman–Crippen LogP) is 3.41. The van der Waals surface area contributed by atoms with Crippen LogP contribution in [-0.4, -0.2) is 40.6 Å². The highest BCUT2D eigenvalue weighted by molar-refractivity contribution is 6.02. The second-order valence-corrected chi connectivity index (χ2v) is 7.86. The molecule has 0 bridgehead atoms. The van der Waals surface area contributed by atoms with Crippen LogP contribution in [0.2, 0.25) is 0 Å². The minimum atomic E-state index is -0.240. The van der Waals surface area contributed by atoms with Crippen LogP contribution in [0.4, 0.5) is 5.69 Å². The molecule has 2 heterocycles. The summed E-state index contributed by atoms with van der Waals surface area (Å²) in [6.07, 6.45) is 10.3. The minimum absolute atomic E-state index is 0.240. The fraction of sp³-hybridized carbons (Fsp3) is 0.571. The van der Waals surface area contributed by atoms with E-state index in [1.165, 1.54) is 32.1 Å². The fourth-order valence-electron chi connectivity index (χ4n) is 4.03. The van der Waals surface area contributed by atoms with Gasteiger partial charge in [-0.3, -0.25) is 4.79 Å². The number of carbonyl (C=O) groups excluding carboxylic acids is 1. The Labute approximate surface area is 165 Å². The third-order valence-corrected chi connectivity index (χ3v) is 5.75. The molecule has 0 unspecified atom stereocenters. The molecule has 7 heteroatoms. The number of anilines is 1. The summed E-state index contributed by atoms with van der Waals surface area (Å²) < 4.78 is 7.73. The van der Waals surface area contributed by atoms with E-state index in [0.717, 1.165) is 44.0 Å². The molecular weight excluding hydrogens is 354 g/mol. The zero-order valence-corrected chi connectivity index (χ0v) is 16.3. The smallest absolute Gasteiger partial charge is 0.277 e. The largest absolute Gasteiger partial charge is 0.493 e. The molecule has 2 N–H and O–H groups in total. The Morgan fingerprint density at radius 3 is 2.61 bits per heavy atom.